The fraction of sp³-hybridized carbons (Fsp3) is 0.750. The number of thiocyanates is 1. The molecule has 0 spiro atoms. The van der Waals surface area contributed by atoms with Gasteiger partial charge in [-0.1, -0.05) is 6.92 Å². The number of nitrogens with zero attached hydrogens (tertiary/aromatic N) is 1. The van der Waals surface area contributed by atoms with Crippen molar-refractivity contribution in [2.45, 2.75) is 18.7 Å². The van der Waals surface area contributed by atoms with Gasteiger partial charge in [-0.05, 0) is 18.2 Å². The zero-order valence-electron chi connectivity index (χ0n) is 4.22. The third-order valence-corrected chi connectivity index (χ3v) is 1.35. The predicted octanol–water partition coefficient (Wildman–Crippen LogP) is 0.895. The smallest absolute Gasteiger partial charge is 0.134 e. The van der Waals surface area contributed by atoms with Gasteiger partial charge in [0, 0.05) is 0 Å². The average Bonchev–Trinajstić information content (AvgIpc) is 1.68. The van der Waals surface area contributed by atoms with Crippen LogP contribution in [0.5, 0.6) is 0 Å². The van der Waals surface area contributed by atoms with E-state index in [4.69, 9.17) is 11.0 Å². The van der Waals surface area contributed by atoms with Crippen LogP contribution in [0.15, 0.2) is 0 Å². The summed E-state index contributed by atoms with van der Waals surface area (Å²) in [6.45, 7) is 1.95. The Morgan fingerprint density at radius 3 is 2.71 bits per heavy atom. The Hall–Kier alpha value is -0.200. The SMILES string of the molecule is CCC(N)SC#N. The first-order chi connectivity index (χ1) is 3.31. The van der Waals surface area contributed by atoms with E-state index in [9.17, 15) is 0 Å². The minimum atomic E-state index is 0.00463. The maximum atomic E-state index is 8.00. The summed E-state index contributed by atoms with van der Waals surface area (Å²) in [6, 6.07) is 0. The lowest BCUT2D eigenvalue weighted by Gasteiger charge is -1.96. The van der Waals surface area contributed by atoms with Crippen molar-refractivity contribution in [3.05, 3.63) is 0 Å². The van der Waals surface area contributed by atoms with E-state index in [1.807, 2.05) is 12.3 Å². The second-order valence-corrected chi connectivity index (χ2v) is 2.18. The summed E-state index contributed by atoms with van der Waals surface area (Å²) in [5.74, 6) is 0. The molecule has 40 valence electrons. The Kier molecular flexibility index (Phi) is 3.86. The maximum absolute atomic E-state index is 8.00. The van der Waals surface area contributed by atoms with Gasteiger partial charge in [0.05, 0.1) is 5.37 Å². The number of nitriles is 1. The van der Waals surface area contributed by atoms with Gasteiger partial charge in [0.15, 0.2) is 0 Å². The average molecular weight is 116 g/mol. The second kappa shape index (κ2) is 3.97. The summed E-state index contributed by atoms with van der Waals surface area (Å²) in [7, 11) is 0. The highest BCUT2D eigenvalue weighted by atomic mass is 32.2. The third kappa shape index (κ3) is 3.64. The van der Waals surface area contributed by atoms with Crippen molar-refractivity contribution in [1.82, 2.24) is 0 Å². The molecule has 0 saturated heterocycles. The summed E-state index contributed by atoms with van der Waals surface area (Å²) in [5, 5.41) is 9.92. The quantitative estimate of drug-likeness (QED) is 0.430. The first kappa shape index (κ1) is 6.80. The fourth-order valence-electron chi connectivity index (χ4n) is 0.151. The van der Waals surface area contributed by atoms with E-state index >= 15 is 0 Å². The van der Waals surface area contributed by atoms with Crippen molar-refractivity contribution >= 4 is 11.8 Å². The zero-order valence-corrected chi connectivity index (χ0v) is 5.03. The van der Waals surface area contributed by atoms with Gasteiger partial charge in [0.1, 0.15) is 5.40 Å². The van der Waals surface area contributed by atoms with Gasteiger partial charge in [-0.25, -0.2) is 0 Å². The van der Waals surface area contributed by atoms with Gasteiger partial charge in [-0.3, -0.25) is 0 Å². The molecule has 0 fully saturated rings. The molecule has 2 N–H and O–H groups in total. The summed E-state index contributed by atoms with van der Waals surface area (Å²) < 4.78 is 0. The van der Waals surface area contributed by atoms with Gasteiger partial charge in [-0.2, -0.15) is 5.26 Å². The normalized spacial score (nSPS) is 12.7. The van der Waals surface area contributed by atoms with Crippen LogP contribution in [0.2, 0.25) is 0 Å². The monoisotopic (exact) mass is 116 g/mol. The highest BCUT2D eigenvalue weighted by Crippen LogP contribution is 2.04. The van der Waals surface area contributed by atoms with E-state index < -0.39 is 0 Å². The van der Waals surface area contributed by atoms with Crippen molar-refractivity contribution in [3.63, 3.8) is 0 Å². The molecule has 3 heteroatoms. The third-order valence-electron chi connectivity index (χ3n) is 0.606. The van der Waals surface area contributed by atoms with Gasteiger partial charge >= 0.3 is 0 Å². The Bertz CT molecular complexity index is 76.2. The molecule has 0 aromatic carbocycles. The maximum Gasteiger partial charge on any atom is 0.134 e. The number of rotatable bonds is 2. The Labute approximate surface area is 47.7 Å². The summed E-state index contributed by atoms with van der Waals surface area (Å²) in [5.41, 5.74) is 5.32. The number of thioether (sulfide) groups is 1. The molecular weight excluding hydrogens is 108 g/mol. The molecule has 0 bridgehead atoms. The van der Waals surface area contributed by atoms with Gasteiger partial charge < -0.3 is 5.73 Å². The van der Waals surface area contributed by atoms with Crippen molar-refractivity contribution in [2.24, 2.45) is 5.73 Å². The highest BCUT2D eigenvalue weighted by Gasteiger charge is 1.94. The van der Waals surface area contributed by atoms with Crippen LogP contribution in [0.3, 0.4) is 0 Å². The number of nitrogens with two attached hydrogens (primary N) is 1. The molecule has 7 heavy (non-hydrogen) atoms. The predicted molar refractivity (Wildman–Crippen MR) is 31.5 cm³/mol. The highest BCUT2D eigenvalue weighted by molar-refractivity contribution is 8.04. The fourth-order valence-corrected chi connectivity index (χ4v) is 0.453. The molecule has 0 aromatic heterocycles. The second-order valence-electron chi connectivity index (χ2n) is 1.16. The molecule has 2 nitrogen and oxygen atoms in total. The largest absolute Gasteiger partial charge is 0.318 e. The topological polar surface area (TPSA) is 49.8 Å². The molecule has 0 aliphatic rings. The molecule has 0 amide bonds. The van der Waals surface area contributed by atoms with Crippen LogP contribution in [-0.2, 0) is 0 Å². The van der Waals surface area contributed by atoms with E-state index in [2.05, 4.69) is 0 Å². The van der Waals surface area contributed by atoms with Crippen LogP contribution in [0.1, 0.15) is 13.3 Å². The molecule has 1 atom stereocenters. The van der Waals surface area contributed by atoms with E-state index in [1.54, 1.807) is 0 Å². The number of hydrogen-bond acceptors (Lipinski definition) is 3. The van der Waals surface area contributed by atoms with E-state index in [-0.39, 0.29) is 5.37 Å². The minimum Gasteiger partial charge on any atom is -0.318 e. The first-order valence-corrected chi connectivity index (χ1v) is 2.99. The first-order valence-electron chi connectivity index (χ1n) is 2.11. The van der Waals surface area contributed by atoms with E-state index in [0.717, 1.165) is 18.2 Å². The van der Waals surface area contributed by atoms with Crippen molar-refractivity contribution in [1.29, 1.82) is 5.26 Å². The Morgan fingerprint density at radius 2 is 2.57 bits per heavy atom. The summed E-state index contributed by atoms with van der Waals surface area (Å²) in [4.78, 5) is 0. The minimum absolute atomic E-state index is 0.00463. The molecule has 0 aromatic rings. The summed E-state index contributed by atoms with van der Waals surface area (Å²) in [6.07, 6.45) is 0.859. The van der Waals surface area contributed by atoms with Crippen molar-refractivity contribution in [2.75, 3.05) is 0 Å². The molecule has 0 saturated carbocycles. The van der Waals surface area contributed by atoms with Gasteiger partial charge in [0.2, 0.25) is 0 Å². The molecule has 0 rings (SSSR count). The van der Waals surface area contributed by atoms with Gasteiger partial charge in [-0.15, -0.1) is 0 Å². The standard InChI is InChI=1S/C4H8N2S/c1-2-4(6)7-3-5/h4H,2,6H2,1H3. The van der Waals surface area contributed by atoms with Crippen LogP contribution in [0, 0.1) is 10.7 Å². The van der Waals surface area contributed by atoms with Gasteiger partial charge in [0.25, 0.3) is 0 Å². The lowest BCUT2D eigenvalue weighted by atomic mass is 10.5. The number of hydrogen-bond donors (Lipinski definition) is 1. The summed E-state index contributed by atoms with van der Waals surface area (Å²) >= 11 is 1.11. The molecular formula is C4H8N2S. The van der Waals surface area contributed by atoms with Crippen LogP contribution in [0.25, 0.3) is 0 Å². The van der Waals surface area contributed by atoms with E-state index in [1.165, 1.54) is 0 Å². The van der Waals surface area contributed by atoms with Crippen LogP contribution in [0.4, 0.5) is 0 Å². The van der Waals surface area contributed by atoms with Crippen LogP contribution in [-0.4, -0.2) is 5.37 Å². The van der Waals surface area contributed by atoms with Crippen LogP contribution < -0.4 is 5.73 Å². The van der Waals surface area contributed by atoms with Crippen LogP contribution >= 0.6 is 11.8 Å². The molecule has 0 radical (unpaired) electrons. The van der Waals surface area contributed by atoms with Crippen molar-refractivity contribution < 1.29 is 0 Å². The molecule has 0 aliphatic heterocycles. The lowest BCUT2D eigenvalue weighted by molar-refractivity contribution is 0.873. The van der Waals surface area contributed by atoms with E-state index in [0.29, 0.717) is 0 Å². The molecule has 0 heterocycles. The Morgan fingerprint density at radius 1 is 2.00 bits per heavy atom. The molecule has 1 unspecified atom stereocenters. The lowest BCUT2D eigenvalue weighted by Crippen LogP contribution is -2.11. The molecule has 0 aliphatic carbocycles. The Balaban J connectivity index is 3.03. The van der Waals surface area contributed by atoms with Crippen molar-refractivity contribution in [3.8, 4) is 5.40 Å². The zero-order chi connectivity index (χ0) is 5.70.